The van der Waals surface area contributed by atoms with Gasteiger partial charge < -0.3 is 14.2 Å². The Morgan fingerprint density at radius 1 is 1.06 bits per heavy atom. The van der Waals surface area contributed by atoms with Crippen LogP contribution >= 0.6 is 0 Å². The van der Waals surface area contributed by atoms with E-state index in [4.69, 9.17) is 14.2 Å². The van der Waals surface area contributed by atoms with Crippen molar-refractivity contribution in [3.8, 4) is 0 Å². The van der Waals surface area contributed by atoms with Crippen LogP contribution in [0.3, 0.4) is 0 Å². The number of ether oxygens (including phenoxy) is 3. The largest absolute Gasteiger partial charge is 0.468 e. The first-order chi connectivity index (χ1) is 14.4. The summed E-state index contributed by atoms with van der Waals surface area (Å²) in [5.41, 5.74) is -0.376. The Morgan fingerprint density at radius 2 is 1.68 bits per heavy atom. The van der Waals surface area contributed by atoms with Crippen LogP contribution < -0.4 is 4.90 Å². The summed E-state index contributed by atoms with van der Waals surface area (Å²) in [6, 6.07) is 6.03. The number of carbonyl (C=O) groups excluding carboxylic acids is 3. The van der Waals surface area contributed by atoms with Gasteiger partial charge in [-0.3, -0.25) is 14.5 Å². The van der Waals surface area contributed by atoms with Crippen LogP contribution in [0.25, 0.3) is 0 Å². The maximum absolute atomic E-state index is 13.4. The Bertz CT molecular complexity index is 963. The molecule has 1 spiro atoms. The molecule has 3 atom stereocenters. The van der Waals surface area contributed by atoms with Crippen molar-refractivity contribution in [3.63, 3.8) is 0 Å². The summed E-state index contributed by atoms with van der Waals surface area (Å²) >= 11 is 0. The first-order valence-corrected chi connectivity index (χ1v) is 10.7. The van der Waals surface area contributed by atoms with Crippen LogP contribution in [0, 0.1) is 18.3 Å². The van der Waals surface area contributed by atoms with Crippen LogP contribution in [0.2, 0.25) is 0 Å². The van der Waals surface area contributed by atoms with Crippen LogP contribution in [0.1, 0.15) is 58.1 Å². The summed E-state index contributed by atoms with van der Waals surface area (Å²) in [6.45, 7) is 9.54. The van der Waals surface area contributed by atoms with Crippen LogP contribution in [0.15, 0.2) is 18.2 Å². The second kappa shape index (κ2) is 6.47. The van der Waals surface area contributed by atoms with E-state index in [1.54, 1.807) is 4.90 Å². The van der Waals surface area contributed by atoms with Crippen LogP contribution in [-0.4, -0.2) is 43.4 Å². The number of nitrogens with zero attached hydrogens (tertiary/aromatic N) is 1. The van der Waals surface area contributed by atoms with Gasteiger partial charge in [-0.2, -0.15) is 0 Å². The number of amides is 1. The number of anilines is 1. The molecular weight excluding hydrogens is 398 g/mol. The average molecular weight is 430 g/mol. The third kappa shape index (κ3) is 2.61. The maximum Gasteiger partial charge on any atom is 0.415 e. The zero-order chi connectivity index (χ0) is 23.0. The molecule has 1 aliphatic heterocycles. The van der Waals surface area contributed by atoms with Gasteiger partial charge in [-0.1, -0.05) is 12.1 Å². The Labute approximate surface area is 183 Å². The number of esters is 2. The highest BCUT2D eigenvalue weighted by Gasteiger charge is 2.79. The van der Waals surface area contributed by atoms with Gasteiger partial charge in [0.2, 0.25) is 0 Å². The molecule has 2 fully saturated rings. The molecule has 0 bridgehead atoms. The quantitative estimate of drug-likeness (QED) is 0.403. The van der Waals surface area contributed by atoms with Gasteiger partial charge in [-0.05, 0) is 77.0 Å². The molecule has 1 aromatic carbocycles. The lowest BCUT2D eigenvalue weighted by Crippen LogP contribution is -2.68. The van der Waals surface area contributed by atoms with Gasteiger partial charge in [0, 0.05) is 5.41 Å². The van der Waals surface area contributed by atoms with Crippen molar-refractivity contribution in [1.29, 1.82) is 0 Å². The van der Waals surface area contributed by atoms with Crippen molar-refractivity contribution in [2.45, 2.75) is 70.4 Å². The molecule has 7 heteroatoms. The van der Waals surface area contributed by atoms with E-state index in [9.17, 15) is 14.4 Å². The summed E-state index contributed by atoms with van der Waals surface area (Å²) in [7, 11) is 2.59. The first-order valence-electron chi connectivity index (χ1n) is 10.7. The number of hydrogen-bond acceptors (Lipinski definition) is 6. The molecule has 1 aromatic rings. The zero-order valence-corrected chi connectivity index (χ0v) is 19.3. The molecule has 1 heterocycles. The highest BCUT2D eigenvalue weighted by molar-refractivity contribution is 6.02. The lowest BCUT2D eigenvalue weighted by atomic mass is 9.49. The van der Waals surface area contributed by atoms with Crippen molar-refractivity contribution < 1.29 is 28.6 Å². The minimum atomic E-state index is -1.38. The molecule has 31 heavy (non-hydrogen) atoms. The van der Waals surface area contributed by atoms with Crippen LogP contribution in [0.4, 0.5) is 10.5 Å². The molecule has 4 rings (SSSR count). The topological polar surface area (TPSA) is 82.1 Å². The molecule has 3 aliphatic rings. The fourth-order valence-electron chi connectivity index (χ4n) is 6.45. The normalized spacial score (nSPS) is 29.9. The van der Waals surface area contributed by atoms with Gasteiger partial charge in [0.15, 0.2) is 5.41 Å². The SMILES string of the molecule is COC(=O)C1(C(=O)OC)C[C@@H]2C[C@@]3(C)N(C(=O)OC(C)(C)C)c4cc(C)ccc4[C@@]23C1. The van der Waals surface area contributed by atoms with E-state index in [2.05, 4.69) is 0 Å². The monoisotopic (exact) mass is 429 g/mol. The van der Waals surface area contributed by atoms with Crippen LogP contribution in [0.5, 0.6) is 0 Å². The van der Waals surface area contributed by atoms with E-state index >= 15 is 0 Å². The van der Waals surface area contributed by atoms with E-state index < -0.39 is 40.0 Å². The van der Waals surface area contributed by atoms with E-state index in [0.29, 0.717) is 12.8 Å². The molecule has 0 aromatic heterocycles. The zero-order valence-electron chi connectivity index (χ0n) is 19.3. The van der Waals surface area contributed by atoms with E-state index in [1.807, 2.05) is 52.8 Å². The minimum absolute atomic E-state index is 0.0459. The average Bonchev–Trinajstić information content (AvgIpc) is 3.05. The van der Waals surface area contributed by atoms with E-state index in [0.717, 1.165) is 16.8 Å². The number of benzene rings is 1. The number of hydrogen-bond donors (Lipinski definition) is 0. The molecule has 1 amide bonds. The number of aryl methyl sites for hydroxylation is 1. The van der Waals surface area contributed by atoms with Gasteiger partial charge in [0.25, 0.3) is 0 Å². The number of fused-ring (bicyclic) bond motifs is 1. The fourth-order valence-corrected chi connectivity index (χ4v) is 6.45. The summed E-state index contributed by atoms with van der Waals surface area (Å²) in [6.07, 6.45) is 0.842. The van der Waals surface area contributed by atoms with Gasteiger partial charge in [0.1, 0.15) is 5.60 Å². The summed E-state index contributed by atoms with van der Waals surface area (Å²) < 4.78 is 15.9. The highest BCUT2D eigenvalue weighted by Crippen LogP contribution is 2.75. The lowest BCUT2D eigenvalue weighted by Gasteiger charge is -2.59. The summed E-state index contributed by atoms with van der Waals surface area (Å²) in [4.78, 5) is 40.9. The second-order valence-corrected chi connectivity index (χ2v) is 10.4. The van der Waals surface area contributed by atoms with Gasteiger partial charge >= 0.3 is 18.0 Å². The standard InChI is InChI=1S/C24H31NO6/c1-14-8-9-16-17(10-14)25(20(28)31-21(2,3)4)22(5)11-15-12-23(18(26)29-6,19(27)30-7)13-24(15,16)22/h8-10,15H,11-13H2,1-7H3/t15-,22+,24+/m0/s1. The maximum atomic E-state index is 13.4. The highest BCUT2D eigenvalue weighted by atomic mass is 16.6. The molecule has 0 saturated heterocycles. The molecule has 2 saturated carbocycles. The van der Waals surface area contributed by atoms with Crippen molar-refractivity contribution in [2.75, 3.05) is 19.1 Å². The summed E-state index contributed by atoms with van der Waals surface area (Å²) in [5, 5.41) is 0. The number of carbonyl (C=O) groups is 3. The molecule has 168 valence electrons. The molecular formula is C24H31NO6. The Kier molecular flexibility index (Phi) is 4.52. The minimum Gasteiger partial charge on any atom is -0.468 e. The Balaban J connectivity index is 1.88. The number of methoxy groups -OCH3 is 2. The molecule has 0 unspecified atom stereocenters. The smallest absolute Gasteiger partial charge is 0.415 e. The lowest BCUT2D eigenvalue weighted by molar-refractivity contribution is -0.169. The van der Waals surface area contributed by atoms with Crippen molar-refractivity contribution in [3.05, 3.63) is 29.3 Å². The van der Waals surface area contributed by atoms with Crippen molar-refractivity contribution in [2.24, 2.45) is 11.3 Å². The predicted molar refractivity (Wildman–Crippen MR) is 114 cm³/mol. The van der Waals surface area contributed by atoms with Gasteiger partial charge in [-0.15, -0.1) is 0 Å². The fraction of sp³-hybridized carbons (Fsp3) is 0.625. The predicted octanol–water partition coefficient (Wildman–Crippen LogP) is 3.89. The van der Waals surface area contributed by atoms with Gasteiger partial charge in [0.05, 0.1) is 25.4 Å². The molecule has 2 aliphatic carbocycles. The number of rotatable bonds is 2. The summed E-state index contributed by atoms with van der Waals surface area (Å²) in [5.74, 6) is -1.10. The molecule has 7 nitrogen and oxygen atoms in total. The third-order valence-corrected chi connectivity index (χ3v) is 7.57. The Morgan fingerprint density at radius 3 is 2.23 bits per heavy atom. The van der Waals surface area contributed by atoms with Crippen molar-refractivity contribution >= 4 is 23.7 Å². The van der Waals surface area contributed by atoms with E-state index in [1.165, 1.54) is 14.2 Å². The second-order valence-electron chi connectivity index (χ2n) is 10.4. The Hall–Kier alpha value is -2.57. The molecule has 0 radical (unpaired) electrons. The third-order valence-electron chi connectivity index (χ3n) is 7.57. The van der Waals surface area contributed by atoms with E-state index in [-0.39, 0.29) is 12.3 Å². The van der Waals surface area contributed by atoms with Gasteiger partial charge in [-0.25, -0.2) is 4.79 Å². The van der Waals surface area contributed by atoms with Crippen LogP contribution in [-0.2, 0) is 29.2 Å². The van der Waals surface area contributed by atoms with Crippen molar-refractivity contribution in [1.82, 2.24) is 0 Å². The molecule has 0 N–H and O–H groups in total. The first kappa shape index (κ1) is 21.7.